The number of hydrogen-bond donors (Lipinski definition) is 3. The predicted octanol–water partition coefficient (Wildman–Crippen LogP) is 0.931. The molecule has 0 aliphatic rings. The van der Waals surface area contributed by atoms with Crippen molar-refractivity contribution < 1.29 is 4.79 Å². The van der Waals surface area contributed by atoms with Crippen LogP contribution in [0.4, 0.5) is 5.82 Å². The van der Waals surface area contributed by atoms with Crippen molar-refractivity contribution in [3.05, 3.63) is 42.1 Å². The third kappa shape index (κ3) is 3.08. The van der Waals surface area contributed by atoms with E-state index in [4.69, 9.17) is 12.2 Å². The molecule has 17 heavy (non-hydrogen) atoms. The summed E-state index contributed by atoms with van der Waals surface area (Å²) in [4.78, 5) is 11.7. The number of benzene rings is 1. The Balaban J connectivity index is 1.93. The van der Waals surface area contributed by atoms with Crippen LogP contribution in [-0.4, -0.2) is 26.4 Å². The van der Waals surface area contributed by atoms with Gasteiger partial charge < -0.3 is 5.32 Å². The van der Waals surface area contributed by atoms with E-state index in [0.717, 1.165) is 0 Å². The minimum Gasteiger partial charge on any atom is -0.314 e. The molecule has 1 aromatic carbocycles. The maximum Gasteiger partial charge on any atom is 0.257 e. The molecule has 0 aliphatic carbocycles. The van der Waals surface area contributed by atoms with Crippen molar-refractivity contribution in [3.8, 4) is 0 Å². The Morgan fingerprint density at radius 2 is 2.06 bits per heavy atom. The topological polar surface area (TPSA) is 82.7 Å². The van der Waals surface area contributed by atoms with Crippen LogP contribution >= 0.6 is 12.2 Å². The lowest BCUT2D eigenvalue weighted by atomic mass is 10.2. The summed E-state index contributed by atoms with van der Waals surface area (Å²) < 4.78 is 0. The summed E-state index contributed by atoms with van der Waals surface area (Å²) in [5.41, 5.74) is 0.539. The molecule has 7 heteroatoms. The zero-order chi connectivity index (χ0) is 12.1. The molecule has 0 saturated carbocycles. The first-order valence-corrected chi connectivity index (χ1v) is 5.19. The van der Waals surface area contributed by atoms with Crippen molar-refractivity contribution in [2.75, 3.05) is 5.32 Å². The van der Waals surface area contributed by atoms with E-state index in [9.17, 15) is 4.79 Å². The first kappa shape index (κ1) is 11.2. The van der Waals surface area contributed by atoms with Gasteiger partial charge in [-0.25, -0.2) is 0 Å². The van der Waals surface area contributed by atoms with Crippen LogP contribution in [0.25, 0.3) is 0 Å². The molecule has 0 unspecified atom stereocenters. The molecule has 0 bridgehead atoms. The molecule has 0 atom stereocenters. The quantitative estimate of drug-likeness (QED) is 0.688. The van der Waals surface area contributed by atoms with Crippen LogP contribution in [0.15, 0.2) is 36.5 Å². The van der Waals surface area contributed by atoms with Crippen LogP contribution in [0.3, 0.4) is 0 Å². The fourth-order valence-electron chi connectivity index (χ4n) is 1.17. The average Bonchev–Trinajstić information content (AvgIpc) is 2.82. The van der Waals surface area contributed by atoms with E-state index in [1.807, 2.05) is 6.07 Å². The van der Waals surface area contributed by atoms with Crippen LogP contribution < -0.4 is 10.6 Å². The van der Waals surface area contributed by atoms with E-state index in [2.05, 4.69) is 26.0 Å². The Kier molecular flexibility index (Phi) is 3.41. The summed E-state index contributed by atoms with van der Waals surface area (Å²) in [7, 11) is 0. The number of H-pyrrole nitrogens is 1. The monoisotopic (exact) mass is 247 g/mol. The minimum absolute atomic E-state index is 0.174. The van der Waals surface area contributed by atoms with E-state index < -0.39 is 0 Å². The van der Waals surface area contributed by atoms with Gasteiger partial charge in [0.1, 0.15) is 0 Å². The smallest absolute Gasteiger partial charge is 0.257 e. The fourth-order valence-corrected chi connectivity index (χ4v) is 1.37. The standard InChI is InChI=1S/C10H9N5OS/c16-9(7-4-2-1-3-5-7)13-10(17)12-8-6-11-15-14-8/h1-6H,(H3,11,12,13,14,15,16,17). The van der Waals surface area contributed by atoms with Gasteiger partial charge in [0.15, 0.2) is 10.9 Å². The van der Waals surface area contributed by atoms with Crippen molar-refractivity contribution >= 4 is 29.1 Å². The largest absolute Gasteiger partial charge is 0.314 e. The zero-order valence-corrected chi connectivity index (χ0v) is 9.49. The molecule has 2 rings (SSSR count). The third-order valence-corrected chi connectivity index (χ3v) is 2.12. The highest BCUT2D eigenvalue weighted by Crippen LogP contribution is 1.99. The highest BCUT2D eigenvalue weighted by molar-refractivity contribution is 7.80. The second kappa shape index (κ2) is 5.17. The molecule has 1 aromatic heterocycles. The number of rotatable bonds is 2. The lowest BCUT2D eigenvalue weighted by molar-refractivity contribution is 0.0978. The molecule has 1 heterocycles. The van der Waals surface area contributed by atoms with Crippen molar-refractivity contribution in [1.29, 1.82) is 0 Å². The molecule has 0 radical (unpaired) electrons. The third-order valence-electron chi connectivity index (χ3n) is 1.92. The minimum atomic E-state index is -0.272. The lowest BCUT2D eigenvalue weighted by Crippen LogP contribution is -2.34. The van der Waals surface area contributed by atoms with Crippen molar-refractivity contribution in [2.24, 2.45) is 0 Å². The normalized spacial score (nSPS) is 9.65. The zero-order valence-electron chi connectivity index (χ0n) is 8.68. The average molecular weight is 247 g/mol. The SMILES string of the molecule is O=C(NC(=S)Nc1cn[nH]n1)c1ccccc1. The number of anilines is 1. The van der Waals surface area contributed by atoms with Crippen molar-refractivity contribution in [3.63, 3.8) is 0 Å². The van der Waals surface area contributed by atoms with Gasteiger partial charge in [0.05, 0.1) is 6.20 Å². The lowest BCUT2D eigenvalue weighted by Gasteiger charge is -2.06. The van der Waals surface area contributed by atoms with Gasteiger partial charge in [-0.05, 0) is 24.4 Å². The highest BCUT2D eigenvalue weighted by Gasteiger charge is 2.07. The summed E-state index contributed by atoms with van der Waals surface area (Å²) in [6, 6.07) is 8.80. The first-order valence-electron chi connectivity index (χ1n) is 4.79. The van der Waals surface area contributed by atoms with Gasteiger partial charge in [0.2, 0.25) is 0 Å². The second-order valence-electron chi connectivity index (χ2n) is 3.13. The van der Waals surface area contributed by atoms with E-state index >= 15 is 0 Å². The van der Waals surface area contributed by atoms with Gasteiger partial charge in [-0.3, -0.25) is 10.1 Å². The second-order valence-corrected chi connectivity index (χ2v) is 3.54. The summed E-state index contributed by atoms with van der Waals surface area (Å²) in [6.45, 7) is 0. The molecular formula is C10H9N5OS. The molecule has 86 valence electrons. The van der Waals surface area contributed by atoms with Gasteiger partial charge >= 0.3 is 0 Å². The molecular weight excluding hydrogens is 238 g/mol. The Morgan fingerprint density at radius 1 is 1.29 bits per heavy atom. The van der Waals surface area contributed by atoms with E-state index in [-0.39, 0.29) is 11.0 Å². The van der Waals surface area contributed by atoms with E-state index in [1.165, 1.54) is 6.20 Å². The summed E-state index contributed by atoms with van der Waals surface area (Å²) in [6.07, 6.45) is 1.46. The molecule has 2 aromatic rings. The Labute approximate surface area is 102 Å². The number of nitrogens with one attached hydrogen (secondary N) is 3. The number of aromatic amines is 1. The number of carbonyl (C=O) groups is 1. The number of thiocarbonyl (C=S) groups is 1. The molecule has 0 fully saturated rings. The maximum absolute atomic E-state index is 11.7. The van der Waals surface area contributed by atoms with Crippen LogP contribution in [0.5, 0.6) is 0 Å². The maximum atomic E-state index is 11.7. The number of aromatic nitrogens is 3. The van der Waals surface area contributed by atoms with Gasteiger partial charge in [-0.2, -0.15) is 10.3 Å². The van der Waals surface area contributed by atoms with Crippen LogP contribution in [0.2, 0.25) is 0 Å². The molecule has 0 spiro atoms. The molecule has 0 saturated heterocycles. The van der Waals surface area contributed by atoms with E-state index in [1.54, 1.807) is 24.3 Å². The first-order chi connectivity index (χ1) is 8.25. The highest BCUT2D eigenvalue weighted by atomic mass is 32.1. The molecule has 3 N–H and O–H groups in total. The Hall–Kier alpha value is -2.28. The number of nitrogens with zero attached hydrogens (tertiary/aromatic N) is 2. The van der Waals surface area contributed by atoms with Gasteiger partial charge in [0, 0.05) is 5.56 Å². The van der Waals surface area contributed by atoms with Crippen LogP contribution in [-0.2, 0) is 0 Å². The van der Waals surface area contributed by atoms with Crippen molar-refractivity contribution in [2.45, 2.75) is 0 Å². The Bertz CT molecular complexity index is 511. The number of hydrogen-bond acceptors (Lipinski definition) is 4. The summed E-state index contributed by atoms with van der Waals surface area (Å²) >= 11 is 4.95. The summed E-state index contributed by atoms with van der Waals surface area (Å²) in [5.74, 6) is 0.176. The number of carbonyl (C=O) groups excluding carboxylic acids is 1. The molecule has 1 amide bonds. The van der Waals surface area contributed by atoms with Gasteiger partial charge in [0.25, 0.3) is 5.91 Å². The fraction of sp³-hybridized carbons (Fsp3) is 0. The van der Waals surface area contributed by atoms with Crippen molar-refractivity contribution in [1.82, 2.24) is 20.7 Å². The molecule has 6 nitrogen and oxygen atoms in total. The molecule has 0 aliphatic heterocycles. The number of amides is 1. The summed E-state index contributed by atoms with van der Waals surface area (Å²) in [5, 5.41) is 15.2. The Morgan fingerprint density at radius 3 is 2.71 bits per heavy atom. The van der Waals surface area contributed by atoms with Gasteiger partial charge in [-0.15, -0.1) is 5.10 Å². The predicted molar refractivity (Wildman–Crippen MR) is 66.5 cm³/mol. The van der Waals surface area contributed by atoms with Crippen LogP contribution in [0, 0.1) is 0 Å². The van der Waals surface area contributed by atoms with Crippen LogP contribution in [0.1, 0.15) is 10.4 Å². The van der Waals surface area contributed by atoms with Gasteiger partial charge in [-0.1, -0.05) is 18.2 Å². The van der Waals surface area contributed by atoms with E-state index in [0.29, 0.717) is 11.4 Å².